The molecule has 0 aliphatic heterocycles. The van der Waals surface area contributed by atoms with Crippen LogP contribution in [-0.4, -0.2) is 105 Å². The maximum Gasteiger partial charge on any atom is 0.412 e. The van der Waals surface area contributed by atoms with Gasteiger partial charge < -0.3 is 71.8 Å². The molecule has 1 aliphatic carbocycles. The van der Waals surface area contributed by atoms with Crippen molar-refractivity contribution >= 4 is 64.9 Å². The largest absolute Gasteiger partial charge is 0.493 e. The van der Waals surface area contributed by atoms with E-state index >= 15 is 0 Å². The number of nitrogens with two attached hydrogens (primary N) is 2. The van der Waals surface area contributed by atoms with E-state index in [1.54, 1.807) is 0 Å². The number of anilines is 8. The number of nitro benzene ring substituents is 1. The fraction of sp³-hybridized carbons (Fsp3) is 0.441. The monoisotopic (exact) mass is 1280 g/mol. The summed E-state index contributed by atoms with van der Waals surface area (Å²) >= 11 is 0. The molecule has 0 saturated carbocycles. The summed E-state index contributed by atoms with van der Waals surface area (Å²) in [6, 6.07) is 26.0. The number of non-ortho nitro benzene ring substituents is 1. The van der Waals surface area contributed by atoms with Crippen molar-refractivity contribution in [3.05, 3.63) is 140 Å². The number of hydrogen-bond donors (Lipinski definition) is 8. The second-order valence-corrected chi connectivity index (χ2v) is 25.5. The molecular formula is C68H89N15O10. The highest BCUT2D eigenvalue weighted by Crippen LogP contribution is 2.42. The molecule has 8 rings (SSSR count). The van der Waals surface area contributed by atoms with Crippen LogP contribution in [0.4, 0.5) is 62.3 Å². The van der Waals surface area contributed by atoms with Gasteiger partial charge in [-0.05, 0) is 116 Å². The van der Waals surface area contributed by atoms with E-state index in [1.165, 1.54) is 24.3 Å². The van der Waals surface area contributed by atoms with Crippen molar-refractivity contribution < 1.29 is 42.9 Å². The maximum atomic E-state index is 12.8. The summed E-state index contributed by atoms with van der Waals surface area (Å²) in [6.07, 6.45) is 3.51. The van der Waals surface area contributed by atoms with Gasteiger partial charge in [0.2, 0.25) is 35.7 Å². The van der Waals surface area contributed by atoms with Gasteiger partial charge in [0.05, 0.1) is 31.4 Å². The molecule has 0 atom stereocenters. The third kappa shape index (κ3) is 20.3. The Morgan fingerprint density at radius 1 is 0.484 bits per heavy atom. The van der Waals surface area contributed by atoms with Gasteiger partial charge in [-0.3, -0.25) is 10.1 Å². The summed E-state index contributed by atoms with van der Waals surface area (Å²) in [5, 5.41) is 30.2. The Balaban J connectivity index is 1.15. The van der Waals surface area contributed by atoms with Crippen molar-refractivity contribution in [1.29, 1.82) is 0 Å². The lowest BCUT2D eigenvalue weighted by molar-refractivity contribution is -0.384. The third-order valence-corrected chi connectivity index (χ3v) is 14.5. The van der Waals surface area contributed by atoms with Crippen molar-refractivity contribution in [2.75, 3.05) is 85.3 Å². The van der Waals surface area contributed by atoms with Crippen molar-refractivity contribution in [2.45, 2.75) is 133 Å². The summed E-state index contributed by atoms with van der Waals surface area (Å²) in [4.78, 5) is 63.3. The van der Waals surface area contributed by atoms with E-state index in [4.69, 9.17) is 49.9 Å². The first kappa shape index (κ1) is 69.0. The molecule has 496 valence electrons. The zero-order valence-corrected chi connectivity index (χ0v) is 55.3. The zero-order valence-electron chi connectivity index (χ0n) is 55.3. The molecule has 25 heteroatoms. The van der Waals surface area contributed by atoms with Crippen molar-refractivity contribution in [1.82, 2.24) is 40.5 Å². The van der Waals surface area contributed by atoms with Gasteiger partial charge in [0.15, 0.2) is 0 Å². The second-order valence-electron chi connectivity index (χ2n) is 25.5. The Hall–Kier alpha value is -9.94. The van der Waals surface area contributed by atoms with Crippen LogP contribution < -0.4 is 67.1 Å². The molecular weight excluding hydrogens is 1190 g/mol. The van der Waals surface area contributed by atoms with E-state index in [1.807, 2.05) is 60.6 Å². The summed E-state index contributed by atoms with van der Waals surface area (Å²) in [6.45, 7) is 24.8. The highest BCUT2D eigenvalue weighted by molar-refractivity contribution is 5.71. The number of amides is 2. The fourth-order valence-electron chi connectivity index (χ4n) is 10.2. The molecule has 7 aromatic rings. The van der Waals surface area contributed by atoms with Gasteiger partial charge in [-0.2, -0.15) is 29.9 Å². The number of benzene rings is 5. The fourth-order valence-corrected chi connectivity index (χ4v) is 10.2. The number of fused-ring (bicyclic) bond motifs is 8. The van der Waals surface area contributed by atoms with Crippen LogP contribution in [0, 0.1) is 20.9 Å². The first-order chi connectivity index (χ1) is 44.4. The van der Waals surface area contributed by atoms with E-state index in [9.17, 15) is 19.7 Å². The van der Waals surface area contributed by atoms with Gasteiger partial charge in [-0.25, -0.2) is 9.59 Å². The minimum atomic E-state index is -0.717. The number of hydrogen-bond acceptors (Lipinski definition) is 22. The van der Waals surface area contributed by atoms with Crippen LogP contribution in [-0.2, 0) is 30.4 Å². The number of para-hydroxylation sites is 2. The van der Waals surface area contributed by atoms with Gasteiger partial charge in [0.1, 0.15) is 34.3 Å². The predicted molar refractivity (Wildman–Crippen MR) is 361 cm³/mol. The topological polar surface area (TPSA) is 334 Å². The Morgan fingerprint density at radius 2 is 0.828 bits per heavy atom. The van der Waals surface area contributed by atoms with Crippen LogP contribution in [0.3, 0.4) is 0 Å². The summed E-state index contributed by atoms with van der Waals surface area (Å²) < 4.78 is 38.2. The molecule has 10 N–H and O–H groups in total. The summed E-state index contributed by atoms with van der Waals surface area (Å²) in [7, 11) is 0. The van der Waals surface area contributed by atoms with Crippen molar-refractivity contribution in [3.8, 4) is 28.7 Å². The molecule has 0 unspecified atom stereocenters. The first-order valence-electron chi connectivity index (χ1n) is 31.6. The number of nitrogens with one attached hydrogen (secondary N) is 6. The number of ether oxygens (including phenoxy) is 6. The van der Waals surface area contributed by atoms with Crippen LogP contribution in [0.25, 0.3) is 0 Å². The van der Waals surface area contributed by atoms with Crippen molar-refractivity contribution in [2.24, 2.45) is 10.8 Å². The van der Waals surface area contributed by atoms with E-state index in [0.29, 0.717) is 83.1 Å². The van der Waals surface area contributed by atoms with Crippen LogP contribution in [0.15, 0.2) is 84.9 Å². The molecule has 0 spiro atoms. The minimum Gasteiger partial charge on any atom is -0.493 e. The van der Waals surface area contributed by atoms with Gasteiger partial charge in [0.25, 0.3) is 5.69 Å². The predicted octanol–water partition coefficient (Wildman–Crippen LogP) is 12.6. The van der Waals surface area contributed by atoms with Crippen LogP contribution in [0.5, 0.6) is 28.7 Å². The zero-order chi connectivity index (χ0) is 66.9. The SMILES string of the molecule is CCCOc1c2cccc1Cc1cc(Nc3nc(N)nc(NCC(C)(C)CNC(=O)OC(C)(C)C)n3)cc(c1OCCC)Cc1cccc(c1OCCC)Cc1cc(Nc3nc(N)nc(NCC(C)(C)CNC(=O)Oc4ccc([N+](=O)[O-])cc4)n3)cc(c1OCCC)C2. The highest BCUT2D eigenvalue weighted by atomic mass is 16.6. The minimum absolute atomic E-state index is 0.0116. The summed E-state index contributed by atoms with van der Waals surface area (Å²) in [5.74, 6) is 4.02. The molecule has 0 radical (unpaired) electrons. The molecule has 0 saturated heterocycles. The molecule has 93 heavy (non-hydrogen) atoms. The number of nitrogen functional groups attached to an aromatic ring is 2. The maximum absolute atomic E-state index is 12.8. The number of alkyl carbamates (subject to hydrolysis) is 1. The lowest BCUT2D eigenvalue weighted by atomic mass is 9.90. The number of rotatable bonds is 28. The average Bonchev–Trinajstić information content (AvgIpc) is 0.870. The first-order valence-corrected chi connectivity index (χ1v) is 31.6. The molecule has 2 aromatic heterocycles. The Morgan fingerprint density at radius 3 is 1.17 bits per heavy atom. The van der Waals surface area contributed by atoms with Crippen LogP contribution in [0.1, 0.15) is 146 Å². The number of carbonyl (C=O) groups is 2. The van der Waals surface area contributed by atoms with E-state index < -0.39 is 33.5 Å². The van der Waals surface area contributed by atoms with Crippen LogP contribution in [0.2, 0.25) is 0 Å². The standard InChI is InChI=1S/C68H89N15O10/c1-12-26-88-54-42-18-16-20-44(54)32-48-36-51(76-63-80-59(70)78-61(82-63)72-39-68(10,11)41-74-65(85)93-66(5,6)7)37-49(57(48)91-29-15-4)33-45-21-17-19-43(55(45)89-27-13-2)31-47-35-50(34-46(30-42)56(47)90-28-14-3)75-62-79-58(69)77-60(81-62)71-38-67(8,9)40-73-64(84)92-53-24-22-52(23-25-53)83(86)87/h16-25,34-37H,12-15,26-33,38-41H2,1-11H3,(H,73,84)(H,74,85)(H4,69,71,75,77,79,81)(H4,70,72,76,78,80,82). The normalized spacial score (nSPS) is 12.2. The molecule has 25 nitrogen and oxygen atoms in total. The van der Waals surface area contributed by atoms with Gasteiger partial charge in [0, 0.05) is 97.6 Å². The van der Waals surface area contributed by atoms with E-state index in [-0.39, 0.29) is 53.7 Å². The van der Waals surface area contributed by atoms with E-state index in [0.717, 1.165) is 93.2 Å². The molecule has 8 bridgehead atoms. The summed E-state index contributed by atoms with van der Waals surface area (Å²) in [5.41, 5.74) is 19.7. The quantitative estimate of drug-likeness (QED) is 0.0167. The van der Waals surface area contributed by atoms with Gasteiger partial charge in [-0.1, -0.05) is 91.8 Å². The Kier molecular flexibility index (Phi) is 23.3. The average molecular weight is 1280 g/mol. The van der Waals surface area contributed by atoms with Crippen LogP contribution >= 0.6 is 0 Å². The lowest BCUT2D eigenvalue weighted by Gasteiger charge is -2.27. The third-order valence-electron chi connectivity index (χ3n) is 14.5. The number of carbonyl (C=O) groups excluding carboxylic acids is 2. The molecule has 1 aliphatic rings. The smallest absolute Gasteiger partial charge is 0.412 e. The molecule has 0 fully saturated rings. The molecule has 2 heterocycles. The lowest BCUT2D eigenvalue weighted by Crippen LogP contribution is -2.40. The number of aromatic nitrogens is 6. The second kappa shape index (κ2) is 31.4. The highest BCUT2D eigenvalue weighted by Gasteiger charge is 2.27. The number of nitrogens with zero attached hydrogens (tertiary/aromatic N) is 7. The Bertz CT molecular complexity index is 3620. The Labute approximate surface area is 543 Å². The van der Waals surface area contributed by atoms with E-state index in [2.05, 4.69) is 128 Å². The van der Waals surface area contributed by atoms with Gasteiger partial charge in [-0.15, -0.1) is 0 Å². The van der Waals surface area contributed by atoms with Crippen molar-refractivity contribution in [3.63, 3.8) is 0 Å². The molecule has 5 aromatic carbocycles. The number of nitro groups is 1. The van der Waals surface area contributed by atoms with Gasteiger partial charge >= 0.3 is 12.2 Å². The molecule has 2 amide bonds.